The molecular weight excluding hydrogens is 208 g/mol. The average Bonchev–Trinajstić information content (AvgIpc) is 2.68. The van der Waals surface area contributed by atoms with E-state index in [0.29, 0.717) is 0 Å². The van der Waals surface area contributed by atoms with Crippen molar-refractivity contribution in [3.8, 4) is 0 Å². The molecule has 6 nitrogen and oxygen atoms in total. The van der Waals surface area contributed by atoms with Crippen LogP contribution in [0.15, 0.2) is 10.6 Å². The highest BCUT2D eigenvalue weighted by Gasteiger charge is 2.20. The van der Waals surface area contributed by atoms with Gasteiger partial charge in [0.25, 0.3) is 11.9 Å². The number of aromatic nitrogens is 1. The van der Waals surface area contributed by atoms with E-state index in [-0.39, 0.29) is 23.7 Å². The minimum absolute atomic E-state index is 0.0218. The number of amides is 1. The average molecular weight is 224 g/mol. The van der Waals surface area contributed by atoms with Crippen LogP contribution in [0.4, 0.5) is 6.01 Å². The molecule has 3 N–H and O–H groups in total. The summed E-state index contributed by atoms with van der Waals surface area (Å²) in [4.78, 5) is 17.6. The summed E-state index contributed by atoms with van der Waals surface area (Å²) in [5.41, 5.74) is 5.30. The number of carbonyl (C=O) groups is 1. The first-order chi connectivity index (χ1) is 7.65. The zero-order valence-corrected chi connectivity index (χ0v) is 9.27. The molecule has 6 heteroatoms. The Hall–Kier alpha value is -1.56. The quantitative estimate of drug-likeness (QED) is 0.743. The molecule has 0 spiro atoms. The van der Waals surface area contributed by atoms with Gasteiger partial charge in [-0.15, -0.1) is 0 Å². The Labute approximate surface area is 93.8 Å². The summed E-state index contributed by atoms with van der Waals surface area (Å²) in [5.74, 6) is -0.0600. The van der Waals surface area contributed by atoms with Gasteiger partial charge in [-0.05, 0) is 33.0 Å². The van der Waals surface area contributed by atoms with Crippen LogP contribution in [0.25, 0.3) is 0 Å². The molecule has 88 valence electrons. The summed E-state index contributed by atoms with van der Waals surface area (Å²) in [6.45, 7) is 2.01. The summed E-state index contributed by atoms with van der Waals surface area (Å²) in [6.07, 6.45) is 3.28. The highest BCUT2D eigenvalue weighted by molar-refractivity contribution is 5.91. The van der Waals surface area contributed by atoms with Crippen LogP contribution in [0, 0.1) is 0 Å². The number of anilines is 1. The number of nitrogen functional groups attached to an aromatic ring is 1. The molecule has 16 heavy (non-hydrogen) atoms. The van der Waals surface area contributed by atoms with Crippen LogP contribution in [0.3, 0.4) is 0 Å². The normalized spacial score (nSPS) is 18.6. The molecule has 2 heterocycles. The van der Waals surface area contributed by atoms with E-state index in [2.05, 4.69) is 22.2 Å². The van der Waals surface area contributed by atoms with Crippen molar-refractivity contribution in [3.63, 3.8) is 0 Å². The number of nitrogens with two attached hydrogens (primary N) is 1. The first-order valence-electron chi connectivity index (χ1n) is 5.36. The first-order valence-corrected chi connectivity index (χ1v) is 5.36. The van der Waals surface area contributed by atoms with Gasteiger partial charge in [-0.2, -0.15) is 0 Å². The number of rotatable bonds is 2. The van der Waals surface area contributed by atoms with Crippen molar-refractivity contribution in [1.82, 2.24) is 15.2 Å². The van der Waals surface area contributed by atoms with Gasteiger partial charge >= 0.3 is 0 Å². The lowest BCUT2D eigenvalue weighted by Gasteiger charge is -2.29. The third-order valence-corrected chi connectivity index (χ3v) is 2.80. The van der Waals surface area contributed by atoms with Crippen LogP contribution in [0.5, 0.6) is 0 Å². The van der Waals surface area contributed by atoms with Crippen molar-refractivity contribution in [2.24, 2.45) is 0 Å². The van der Waals surface area contributed by atoms with Gasteiger partial charge in [0.2, 0.25) is 5.76 Å². The fraction of sp³-hybridized carbons (Fsp3) is 0.600. The Morgan fingerprint density at radius 1 is 1.62 bits per heavy atom. The molecule has 1 amide bonds. The van der Waals surface area contributed by atoms with E-state index < -0.39 is 0 Å². The van der Waals surface area contributed by atoms with Gasteiger partial charge in [-0.1, -0.05) is 0 Å². The standard InChI is InChI=1S/C10H16N4O2/c1-14-4-2-7(3-5-14)13-9(15)8-6-12-10(11)16-8/h6-7H,2-5H2,1H3,(H2,11,12)(H,13,15). The van der Waals surface area contributed by atoms with E-state index in [9.17, 15) is 4.79 Å². The lowest BCUT2D eigenvalue weighted by Crippen LogP contribution is -2.43. The lowest BCUT2D eigenvalue weighted by molar-refractivity contribution is 0.0890. The third-order valence-electron chi connectivity index (χ3n) is 2.80. The van der Waals surface area contributed by atoms with E-state index in [4.69, 9.17) is 10.2 Å². The zero-order valence-electron chi connectivity index (χ0n) is 9.27. The van der Waals surface area contributed by atoms with Gasteiger partial charge in [0.1, 0.15) is 0 Å². The number of carbonyl (C=O) groups excluding carboxylic acids is 1. The summed E-state index contributed by atoms with van der Waals surface area (Å²) >= 11 is 0. The molecule has 1 fully saturated rings. The van der Waals surface area contributed by atoms with E-state index in [1.165, 1.54) is 6.20 Å². The molecule has 1 aromatic heterocycles. The second-order valence-corrected chi connectivity index (χ2v) is 4.11. The summed E-state index contributed by atoms with van der Waals surface area (Å²) in [6, 6.07) is 0.239. The Balaban J connectivity index is 1.88. The van der Waals surface area contributed by atoms with Crippen molar-refractivity contribution in [1.29, 1.82) is 0 Å². The summed E-state index contributed by atoms with van der Waals surface area (Å²) < 4.78 is 4.95. The van der Waals surface area contributed by atoms with Crippen molar-refractivity contribution < 1.29 is 9.21 Å². The largest absolute Gasteiger partial charge is 0.418 e. The molecule has 0 atom stereocenters. The SMILES string of the molecule is CN1CCC(NC(=O)c2cnc(N)o2)CC1. The van der Waals surface area contributed by atoms with Crippen LogP contribution in [0.2, 0.25) is 0 Å². The van der Waals surface area contributed by atoms with Crippen LogP contribution >= 0.6 is 0 Å². The molecule has 1 aliphatic rings. The van der Waals surface area contributed by atoms with Crippen LogP contribution in [-0.4, -0.2) is 42.0 Å². The van der Waals surface area contributed by atoms with Gasteiger partial charge < -0.3 is 20.4 Å². The van der Waals surface area contributed by atoms with Crippen molar-refractivity contribution in [2.75, 3.05) is 25.9 Å². The number of likely N-dealkylation sites (tertiary alicyclic amines) is 1. The molecule has 0 radical (unpaired) electrons. The Morgan fingerprint density at radius 3 is 2.88 bits per heavy atom. The molecule has 0 saturated carbocycles. The van der Waals surface area contributed by atoms with Crippen LogP contribution in [0.1, 0.15) is 23.4 Å². The van der Waals surface area contributed by atoms with E-state index in [1.54, 1.807) is 0 Å². The molecule has 1 saturated heterocycles. The van der Waals surface area contributed by atoms with Gasteiger partial charge in [-0.25, -0.2) is 4.98 Å². The maximum Gasteiger partial charge on any atom is 0.292 e. The first kappa shape index (κ1) is 10.9. The second kappa shape index (κ2) is 4.52. The molecule has 0 unspecified atom stereocenters. The van der Waals surface area contributed by atoms with Crippen LogP contribution < -0.4 is 11.1 Å². The number of hydrogen-bond donors (Lipinski definition) is 2. The summed E-state index contributed by atoms with van der Waals surface area (Å²) in [7, 11) is 2.08. The summed E-state index contributed by atoms with van der Waals surface area (Å²) in [5, 5.41) is 2.91. The van der Waals surface area contributed by atoms with Crippen LogP contribution in [-0.2, 0) is 0 Å². The van der Waals surface area contributed by atoms with E-state index in [1.807, 2.05) is 0 Å². The van der Waals surface area contributed by atoms with Crippen molar-refractivity contribution in [2.45, 2.75) is 18.9 Å². The monoisotopic (exact) mass is 224 g/mol. The number of nitrogens with zero attached hydrogens (tertiary/aromatic N) is 2. The molecular formula is C10H16N4O2. The molecule has 0 bridgehead atoms. The van der Waals surface area contributed by atoms with Crippen molar-refractivity contribution >= 4 is 11.9 Å². The molecule has 1 aromatic rings. The number of piperidine rings is 1. The second-order valence-electron chi connectivity index (χ2n) is 4.11. The Kier molecular flexibility index (Phi) is 3.09. The number of oxazole rings is 1. The fourth-order valence-electron chi connectivity index (χ4n) is 1.80. The topological polar surface area (TPSA) is 84.4 Å². The van der Waals surface area contributed by atoms with E-state index in [0.717, 1.165) is 25.9 Å². The zero-order chi connectivity index (χ0) is 11.5. The van der Waals surface area contributed by atoms with E-state index >= 15 is 0 Å². The molecule has 0 aromatic carbocycles. The highest BCUT2D eigenvalue weighted by atomic mass is 16.4. The third kappa shape index (κ3) is 2.52. The fourth-order valence-corrected chi connectivity index (χ4v) is 1.80. The van der Waals surface area contributed by atoms with Crippen molar-refractivity contribution in [3.05, 3.63) is 12.0 Å². The maximum absolute atomic E-state index is 11.7. The lowest BCUT2D eigenvalue weighted by atomic mass is 10.1. The molecule has 2 rings (SSSR count). The predicted octanol–water partition coefficient (Wildman–Crippen LogP) is 0.0808. The number of hydrogen-bond acceptors (Lipinski definition) is 5. The number of nitrogens with one attached hydrogen (secondary N) is 1. The minimum atomic E-state index is -0.237. The Morgan fingerprint density at radius 2 is 2.31 bits per heavy atom. The van der Waals surface area contributed by atoms with Gasteiger partial charge in [0, 0.05) is 6.04 Å². The molecule has 0 aliphatic carbocycles. The van der Waals surface area contributed by atoms with Gasteiger partial charge in [0.05, 0.1) is 6.20 Å². The smallest absolute Gasteiger partial charge is 0.292 e. The molecule has 1 aliphatic heterocycles. The van der Waals surface area contributed by atoms with Gasteiger partial charge in [-0.3, -0.25) is 4.79 Å². The highest BCUT2D eigenvalue weighted by Crippen LogP contribution is 2.10. The minimum Gasteiger partial charge on any atom is -0.418 e. The van der Waals surface area contributed by atoms with Gasteiger partial charge in [0.15, 0.2) is 0 Å². The predicted molar refractivity (Wildman–Crippen MR) is 58.9 cm³/mol. The maximum atomic E-state index is 11.7. The Bertz CT molecular complexity index is 369.